The predicted molar refractivity (Wildman–Crippen MR) is 155 cm³/mol. The quantitative estimate of drug-likeness (QED) is 0.274. The van der Waals surface area contributed by atoms with Crippen molar-refractivity contribution in [1.29, 1.82) is 0 Å². The fourth-order valence-corrected chi connectivity index (χ4v) is 6.17. The molecule has 40 heavy (non-hydrogen) atoms. The van der Waals surface area contributed by atoms with Gasteiger partial charge in [0, 0.05) is 67.9 Å². The van der Waals surface area contributed by atoms with Gasteiger partial charge in [-0.1, -0.05) is 31.2 Å². The summed E-state index contributed by atoms with van der Waals surface area (Å²) in [5, 5.41) is 8.90. The zero-order chi connectivity index (χ0) is 27.9. The molecular weight excluding hydrogens is 522 g/mol. The molecule has 1 aliphatic rings. The first kappa shape index (κ1) is 26.2. The third-order valence-corrected chi connectivity index (χ3v) is 9.33. The lowest BCUT2D eigenvalue weighted by Crippen LogP contribution is -2.15. The first-order chi connectivity index (χ1) is 19.3. The lowest BCUT2D eigenvalue weighted by molar-refractivity contribution is 0.580. The molecule has 5 aromatic rings. The summed E-state index contributed by atoms with van der Waals surface area (Å²) in [6, 6.07) is 10.6. The van der Waals surface area contributed by atoms with Crippen molar-refractivity contribution in [2.45, 2.75) is 39.2 Å². The second-order valence-electron chi connectivity index (χ2n) is 10.5. The molecule has 0 spiro atoms. The smallest absolute Gasteiger partial charge is 0.151 e. The van der Waals surface area contributed by atoms with E-state index in [1.807, 2.05) is 42.6 Å². The number of fused-ring (bicyclic) bond motifs is 3. The maximum atomic E-state index is 11.9. The van der Waals surface area contributed by atoms with Crippen molar-refractivity contribution in [1.82, 2.24) is 34.1 Å². The Hall–Kier alpha value is -4.05. The van der Waals surface area contributed by atoms with E-state index in [0.29, 0.717) is 18.8 Å². The van der Waals surface area contributed by atoms with Crippen LogP contribution in [0, 0.1) is 0 Å². The maximum Gasteiger partial charge on any atom is 0.151 e. The van der Waals surface area contributed by atoms with E-state index in [0.717, 1.165) is 41.8 Å². The summed E-state index contributed by atoms with van der Waals surface area (Å²) in [5.41, 5.74) is 10.3. The van der Waals surface area contributed by atoms with E-state index >= 15 is 0 Å². The number of sulfone groups is 1. The fraction of sp³-hybridized carbons (Fsp3) is 0.333. The van der Waals surface area contributed by atoms with Gasteiger partial charge in [-0.25, -0.2) is 18.4 Å². The maximum absolute atomic E-state index is 11.9. The summed E-state index contributed by atoms with van der Waals surface area (Å²) in [6.07, 6.45) is 13.1. The van der Waals surface area contributed by atoms with Gasteiger partial charge in [0.2, 0.25) is 0 Å². The van der Waals surface area contributed by atoms with Crippen molar-refractivity contribution in [3.8, 4) is 22.4 Å². The van der Waals surface area contributed by atoms with Gasteiger partial charge < -0.3 is 4.57 Å². The number of aryl methyl sites for hydroxylation is 5. The highest BCUT2D eigenvalue weighted by molar-refractivity contribution is 7.91. The Morgan fingerprint density at radius 2 is 1.82 bits per heavy atom. The molecule has 4 aromatic heterocycles. The van der Waals surface area contributed by atoms with Crippen LogP contribution < -0.4 is 0 Å². The molecule has 1 aliphatic carbocycles. The molecule has 0 unspecified atom stereocenters. The normalized spacial score (nSPS) is 12.9. The minimum Gasteiger partial charge on any atom is -0.353 e. The summed E-state index contributed by atoms with van der Waals surface area (Å²) >= 11 is 0. The highest BCUT2D eigenvalue weighted by Crippen LogP contribution is 2.37. The molecule has 206 valence electrons. The van der Waals surface area contributed by atoms with Crippen LogP contribution in [0.15, 0.2) is 61.3 Å². The number of rotatable bonds is 9. The average molecular weight is 556 g/mol. The summed E-state index contributed by atoms with van der Waals surface area (Å²) in [6.45, 7) is 2.01. The molecule has 10 heteroatoms. The molecule has 0 saturated carbocycles. The Morgan fingerprint density at radius 1 is 0.975 bits per heavy atom. The van der Waals surface area contributed by atoms with E-state index in [1.165, 1.54) is 27.9 Å². The van der Waals surface area contributed by atoms with Gasteiger partial charge >= 0.3 is 0 Å². The lowest BCUT2D eigenvalue weighted by Gasteiger charge is -2.18. The largest absolute Gasteiger partial charge is 0.353 e. The molecule has 0 N–H and O–H groups in total. The molecule has 4 heterocycles. The molecule has 0 saturated heterocycles. The van der Waals surface area contributed by atoms with Crippen molar-refractivity contribution < 1.29 is 8.42 Å². The Bertz CT molecular complexity index is 1800. The number of benzene rings is 1. The van der Waals surface area contributed by atoms with Crippen LogP contribution in [0.25, 0.3) is 22.4 Å². The Kier molecular flexibility index (Phi) is 6.87. The van der Waals surface area contributed by atoms with E-state index in [-0.39, 0.29) is 11.5 Å². The van der Waals surface area contributed by atoms with Gasteiger partial charge in [0.1, 0.15) is 5.82 Å². The van der Waals surface area contributed by atoms with Gasteiger partial charge in [-0.2, -0.15) is 10.2 Å². The van der Waals surface area contributed by atoms with Crippen molar-refractivity contribution in [3.05, 3.63) is 95.2 Å². The van der Waals surface area contributed by atoms with Crippen molar-refractivity contribution in [3.63, 3.8) is 0 Å². The van der Waals surface area contributed by atoms with Crippen LogP contribution >= 0.6 is 0 Å². The molecule has 0 bridgehead atoms. The molecule has 0 fully saturated rings. The first-order valence-electron chi connectivity index (χ1n) is 13.6. The molecule has 1 aromatic carbocycles. The van der Waals surface area contributed by atoms with E-state index in [2.05, 4.69) is 57.3 Å². The second-order valence-corrected chi connectivity index (χ2v) is 13.0. The third-order valence-electron chi connectivity index (χ3n) is 7.64. The van der Waals surface area contributed by atoms with Crippen LogP contribution in [0.5, 0.6) is 0 Å². The van der Waals surface area contributed by atoms with E-state index in [4.69, 9.17) is 4.98 Å². The van der Waals surface area contributed by atoms with Gasteiger partial charge in [-0.15, -0.1) is 0 Å². The molecule has 0 amide bonds. The van der Waals surface area contributed by atoms with Crippen LogP contribution in [-0.4, -0.2) is 54.0 Å². The molecular formula is C30H33N7O2S. The minimum atomic E-state index is -3.04. The lowest BCUT2D eigenvalue weighted by atomic mass is 9.90. The monoisotopic (exact) mass is 555 g/mol. The van der Waals surface area contributed by atoms with Crippen LogP contribution in [-0.2, 0) is 56.2 Å². The van der Waals surface area contributed by atoms with E-state index in [1.54, 1.807) is 11.6 Å². The zero-order valence-electron chi connectivity index (χ0n) is 23.1. The van der Waals surface area contributed by atoms with Crippen LogP contribution in [0.4, 0.5) is 0 Å². The highest BCUT2D eigenvalue weighted by Gasteiger charge is 2.25. The van der Waals surface area contributed by atoms with Crippen LogP contribution in [0.3, 0.4) is 0 Å². The number of hydrogen-bond acceptors (Lipinski definition) is 6. The summed E-state index contributed by atoms with van der Waals surface area (Å²) in [7, 11) is 1.01. The van der Waals surface area contributed by atoms with Gasteiger partial charge in [0.05, 0.1) is 36.3 Å². The predicted octanol–water partition coefficient (Wildman–Crippen LogP) is 3.79. The van der Waals surface area contributed by atoms with Gasteiger partial charge in [-0.3, -0.25) is 9.36 Å². The second kappa shape index (κ2) is 10.5. The number of hydrogen-bond donors (Lipinski definition) is 0. The highest BCUT2D eigenvalue weighted by atomic mass is 32.2. The third kappa shape index (κ3) is 5.36. The van der Waals surface area contributed by atoms with Crippen LogP contribution in [0.1, 0.15) is 40.8 Å². The number of nitrogens with zero attached hydrogens (tertiary/aromatic N) is 7. The van der Waals surface area contributed by atoms with Gasteiger partial charge in [-0.05, 0) is 41.2 Å². The molecule has 0 atom stereocenters. The Morgan fingerprint density at radius 3 is 2.62 bits per heavy atom. The Labute approximate surface area is 234 Å². The number of aromatic nitrogens is 7. The zero-order valence-corrected chi connectivity index (χ0v) is 23.9. The van der Waals surface area contributed by atoms with Crippen LogP contribution in [0.2, 0.25) is 0 Å². The summed E-state index contributed by atoms with van der Waals surface area (Å²) in [4.78, 5) is 9.73. The first-order valence-corrected chi connectivity index (χ1v) is 15.4. The molecule has 0 radical (unpaired) electrons. The van der Waals surface area contributed by atoms with Gasteiger partial charge in [0.15, 0.2) is 9.84 Å². The average Bonchev–Trinajstić information content (AvgIpc) is 3.67. The Balaban J connectivity index is 1.27. The molecule has 9 nitrogen and oxygen atoms in total. The van der Waals surface area contributed by atoms with Crippen molar-refractivity contribution >= 4 is 9.84 Å². The minimum absolute atomic E-state index is 0.0880. The molecule has 6 rings (SSSR count). The van der Waals surface area contributed by atoms with E-state index < -0.39 is 9.84 Å². The van der Waals surface area contributed by atoms with Crippen molar-refractivity contribution in [2.24, 2.45) is 14.1 Å². The molecule has 0 aliphatic heterocycles. The van der Waals surface area contributed by atoms with Gasteiger partial charge in [0.25, 0.3) is 0 Å². The SMILES string of the molecule is CCS(=O)(=O)CCn1ccc(Cc2ncc3c(n2)-c2c(cn(C)c2Cc2cccc(-c4cnn(C)c4)c2)CC3)n1. The topological polar surface area (TPSA) is 100 Å². The summed E-state index contributed by atoms with van der Waals surface area (Å²) < 4.78 is 29.5. The standard InChI is InChI=1S/C30H33N7O2S/c1-4-40(38,39)13-12-37-11-10-26(34-37)16-28-31-17-23-8-9-24-19-35(2)27(29(24)30(23)33-28)15-21-6-5-7-22(14-21)25-18-32-36(3)20-25/h5-7,10-11,14,17-20H,4,8-9,12-13,15-16H2,1-3H3. The van der Waals surface area contributed by atoms with E-state index in [9.17, 15) is 8.42 Å². The fourth-order valence-electron chi connectivity index (χ4n) is 5.41. The van der Waals surface area contributed by atoms with Crippen molar-refractivity contribution in [2.75, 3.05) is 11.5 Å². The summed E-state index contributed by atoms with van der Waals surface area (Å²) in [5.74, 6) is 0.945.